The van der Waals surface area contributed by atoms with Gasteiger partial charge in [0.15, 0.2) is 5.78 Å². The predicted octanol–water partition coefficient (Wildman–Crippen LogP) is 2.07. The number of rotatable bonds is 5. The summed E-state index contributed by atoms with van der Waals surface area (Å²) in [5.74, 6) is -0.612. The molecule has 0 atom stereocenters. The largest absolute Gasteiger partial charge is 0.460 e. The molecule has 0 saturated carbocycles. The highest BCUT2D eigenvalue weighted by atomic mass is 16.5. The Kier molecular flexibility index (Phi) is 4.63. The second-order valence-corrected chi connectivity index (χ2v) is 4.13. The molecule has 0 saturated heterocycles. The fourth-order valence-corrected chi connectivity index (χ4v) is 1.74. The molecule has 2 rings (SSSR count). The molecule has 0 spiro atoms. The molecule has 4 nitrogen and oxygen atoms in total. The van der Waals surface area contributed by atoms with Gasteiger partial charge in [0.05, 0.1) is 12.2 Å². The average molecular weight is 270 g/mol. The van der Waals surface area contributed by atoms with Crippen molar-refractivity contribution < 1.29 is 19.4 Å². The quantitative estimate of drug-likeness (QED) is 0.667. The van der Waals surface area contributed by atoms with Crippen LogP contribution in [0.2, 0.25) is 0 Å². The molecule has 0 heterocycles. The van der Waals surface area contributed by atoms with E-state index < -0.39 is 5.97 Å². The van der Waals surface area contributed by atoms with Gasteiger partial charge in [-0.15, -0.1) is 0 Å². The summed E-state index contributed by atoms with van der Waals surface area (Å²) in [6, 6.07) is 15.2. The molecule has 0 radical (unpaired) electrons. The van der Waals surface area contributed by atoms with Crippen LogP contribution in [-0.2, 0) is 4.74 Å². The predicted molar refractivity (Wildman–Crippen MR) is 73.7 cm³/mol. The third-order valence-corrected chi connectivity index (χ3v) is 2.74. The van der Waals surface area contributed by atoms with Crippen molar-refractivity contribution in [1.82, 2.24) is 0 Å². The minimum absolute atomic E-state index is 0.0382. The number of benzene rings is 2. The van der Waals surface area contributed by atoms with Crippen molar-refractivity contribution in [2.45, 2.75) is 0 Å². The zero-order valence-corrected chi connectivity index (χ0v) is 10.8. The summed E-state index contributed by atoms with van der Waals surface area (Å²) in [5.41, 5.74) is 1.46. The number of ketones is 1. The molecule has 0 fully saturated rings. The van der Waals surface area contributed by atoms with Gasteiger partial charge in [0.1, 0.15) is 6.61 Å². The van der Waals surface area contributed by atoms with Crippen molar-refractivity contribution in [3.8, 4) is 0 Å². The number of carbonyl (C=O) groups excluding carboxylic acids is 2. The molecule has 0 amide bonds. The molecule has 0 unspecified atom stereocenters. The van der Waals surface area contributed by atoms with Crippen LogP contribution in [0.5, 0.6) is 0 Å². The van der Waals surface area contributed by atoms with Gasteiger partial charge in [0.2, 0.25) is 0 Å². The number of esters is 1. The molecule has 0 aliphatic carbocycles. The van der Waals surface area contributed by atoms with Crippen LogP contribution in [0, 0.1) is 0 Å². The molecule has 1 N–H and O–H groups in total. The smallest absolute Gasteiger partial charge is 0.338 e. The van der Waals surface area contributed by atoms with Gasteiger partial charge in [-0.05, 0) is 12.1 Å². The summed E-state index contributed by atoms with van der Waals surface area (Å²) in [6.07, 6.45) is 0. The zero-order chi connectivity index (χ0) is 14.4. The van der Waals surface area contributed by atoms with E-state index in [0.717, 1.165) is 0 Å². The Labute approximate surface area is 116 Å². The van der Waals surface area contributed by atoms with Crippen molar-refractivity contribution in [3.63, 3.8) is 0 Å². The van der Waals surface area contributed by atoms with E-state index in [0.29, 0.717) is 16.7 Å². The van der Waals surface area contributed by atoms with Gasteiger partial charge in [-0.1, -0.05) is 42.5 Å². The summed E-state index contributed by atoms with van der Waals surface area (Å²) in [5, 5.41) is 8.58. The fraction of sp³-hybridized carbons (Fsp3) is 0.125. The topological polar surface area (TPSA) is 63.6 Å². The first-order valence-corrected chi connectivity index (χ1v) is 6.20. The monoisotopic (exact) mass is 270 g/mol. The number of carbonyl (C=O) groups is 2. The lowest BCUT2D eigenvalue weighted by Gasteiger charge is -2.04. The maximum Gasteiger partial charge on any atom is 0.338 e. The van der Waals surface area contributed by atoms with Gasteiger partial charge in [-0.2, -0.15) is 0 Å². The van der Waals surface area contributed by atoms with Crippen LogP contribution in [0.3, 0.4) is 0 Å². The number of hydrogen-bond acceptors (Lipinski definition) is 4. The van der Waals surface area contributed by atoms with Crippen molar-refractivity contribution in [2.24, 2.45) is 0 Å². The van der Waals surface area contributed by atoms with Crippen LogP contribution in [0.25, 0.3) is 0 Å². The molecule has 4 heteroatoms. The van der Waals surface area contributed by atoms with Gasteiger partial charge in [-0.3, -0.25) is 4.79 Å². The number of aliphatic hydroxyl groups excluding tert-OH is 1. The van der Waals surface area contributed by atoms with E-state index in [2.05, 4.69) is 0 Å². The Morgan fingerprint density at radius 3 is 2.00 bits per heavy atom. The van der Waals surface area contributed by atoms with Crippen LogP contribution in [0.4, 0.5) is 0 Å². The molecule has 0 bridgehead atoms. The van der Waals surface area contributed by atoms with Crippen molar-refractivity contribution in [2.75, 3.05) is 13.2 Å². The van der Waals surface area contributed by atoms with E-state index in [1.165, 1.54) is 12.1 Å². The number of ether oxygens (including phenoxy) is 1. The lowest BCUT2D eigenvalue weighted by Crippen LogP contribution is -2.09. The zero-order valence-electron chi connectivity index (χ0n) is 10.8. The Bertz CT molecular complexity index is 588. The molecular formula is C16H14O4. The maximum atomic E-state index is 12.2. The number of aliphatic hydroxyl groups is 1. The molecule has 0 aromatic heterocycles. The minimum atomic E-state index is -0.516. The summed E-state index contributed by atoms with van der Waals surface area (Å²) in [7, 11) is 0. The Morgan fingerprint density at radius 1 is 0.850 bits per heavy atom. The van der Waals surface area contributed by atoms with E-state index in [-0.39, 0.29) is 19.0 Å². The first-order valence-electron chi connectivity index (χ1n) is 6.20. The van der Waals surface area contributed by atoms with Gasteiger partial charge < -0.3 is 9.84 Å². The average Bonchev–Trinajstić information content (AvgIpc) is 2.53. The third-order valence-electron chi connectivity index (χ3n) is 2.74. The molecular weight excluding hydrogens is 256 g/mol. The fourth-order valence-electron chi connectivity index (χ4n) is 1.74. The normalized spacial score (nSPS) is 10.1. The standard InChI is InChI=1S/C16H14O4/c17-10-11-20-16(19)14-8-6-13(7-9-14)15(18)12-4-2-1-3-5-12/h1-9,17H,10-11H2. The highest BCUT2D eigenvalue weighted by Crippen LogP contribution is 2.11. The molecule has 2 aromatic rings. The van der Waals surface area contributed by atoms with Gasteiger partial charge in [0, 0.05) is 11.1 Å². The third kappa shape index (κ3) is 3.30. The second-order valence-electron chi connectivity index (χ2n) is 4.13. The Morgan fingerprint density at radius 2 is 1.40 bits per heavy atom. The van der Waals surface area contributed by atoms with Crippen molar-refractivity contribution >= 4 is 11.8 Å². The summed E-state index contributed by atoms with van der Waals surface area (Å²) in [6.45, 7) is -0.250. The maximum absolute atomic E-state index is 12.2. The van der Waals surface area contributed by atoms with Crippen LogP contribution < -0.4 is 0 Å². The molecule has 102 valence electrons. The second kappa shape index (κ2) is 6.63. The lowest BCUT2D eigenvalue weighted by molar-refractivity contribution is 0.0433. The summed E-state index contributed by atoms with van der Waals surface area (Å²) < 4.78 is 4.79. The van der Waals surface area contributed by atoms with Crippen LogP contribution in [0.1, 0.15) is 26.3 Å². The van der Waals surface area contributed by atoms with E-state index in [1.807, 2.05) is 6.07 Å². The SMILES string of the molecule is O=C(OCCO)c1ccc(C(=O)c2ccccc2)cc1. The lowest BCUT2D eigenvalue weighted by atomic mass is 10.0. The summed E-state index contributed by atoms with van der Waals surface area (Å²) in [4.78, 5) is 23.7. The van der Waals surface area contributed by atoms with Gasteiger partial charge in [-0.25, -0.2) is 4.79 Å². The Hall–Kier alpha value is -2.46. The van der Waals surface area contributed by atoms with E-state index in [1.54, 1.807) is 36.4 Å². The molecule has 0 aliphatic rings. The Balaban J connectivity index is 2.12. The minimum Gasteiger partial charge on any atom is -0.460 e. The molecule has 0 aliphatic heterocycles. The van der Waals surface area contributed by atoms with E-state index >= 15 is 0 Å². The highest BCUT2D eigenvalue weighted by molar-refractivity contribution is 6.09. The highest BCUT2D eigenvalue weighted by Gasteiger charge is 2.11. The number of hydrogen-bond donors (Lipinski definition) is 1. The van der Waals surface area contributed by atoms with Gasteiger partial charge >= 0.3 is 5.97 Å². The van der Waals surface area contributed by atoms with Crippen molar-refractivity contribution in [3.05, 3.63) is 71.3 Å². The molecule has 2 aromatic carbocycles. The van der Waals surface area contributed by atoms with E-state index in [9.17, 15) is 9.59 Å². The van der Waals surface area contributed by atoms with Crippen molar-refractivity contribution in [1.29, 1.82) is 0 Å². The first-order chi connectivity index (χ1) is 9.72. The van der Waals surface area contributed by atoms with Crippen LogP contribution >= 0.6 is 0 Å². The first kappa shape index (κ1) is 14.0. The van der Waals surface area contributed by atoms with E-state index in [4.69, 9.17) is 9.84 Å². The van der Waals surface area contributed by atoms with Gasteiger partial charge in [0.25, 0.3) is 0 Å². The van der Waals surface area contributed by atoms with Crippen LogP contribution in [0.15, 0.2) is 54.6 Å². The summed E-state index contributed by atoms with van der Waals surface area (Å²) >= 11 is 0. The van der Waals surface area contributed by atoms with Crippen LogP contribution in [-0.4, -0.2) is 30.1 Å². The molecule has 20 heavy (non-hydrogen) atoms.